The zero-order chi connectivity index (χ0) is 15.9. The first-order chi connectivity index (χ1) is 10.6. The highest BCUT2D eigenvalue weighted by atomic mass is 16.1. The number of piperidine rings is 1. The fourth-order valence-electron chi connectivity index (χ4n) is 3.18. The van der Waals surface area contributed by atoms with Gasteiger partial charge in [-0.15, -0.1) is 0 Å². The highest BCUT2D eigenvalue weighted by Crippen LogP contribution is 2.22. The van der Waals surface area contributed by atoms with Crippen molar-refractivity contribution < 1.29 is 4.79 Å². The maximum atomic E-state index is 12.2. The predicted octanol–water partition coefficient (Wildman–Crippen LogP) is 3.24. The van der Waals surface area contributed by atoms with E-state index in [4.69, 9.17) is 0 Å². The highest BCUT2D eigenvalue weighted by molar-refractivity contribution is 5.76. The van der Waals surface area contributed by atoms with Gasteiger partial charge in [0.25, 0.3) is 0 Å². The maximum Gasteiger partial charge on any atom is 0.220 e. The van der Waals surface area contributed by atoms with Crippen molar-refractivity contribution >= 4 is 5.91 Å². The summed E-state index contributed by atoms with van der Waals surface area (Å²) in [6, 6.07) is 8.57. The lowest BCUT2D eigenvalue weighted by Gasteiger charge is -2.28. The second-order valence-electron chi connectivity index (χ2n) is 6.90. The summed E-state index contributed by atoms with van der Waals surface area (Å²) in [5.74, 6) is 1.66. The number of nitrogens with one attached hydrogen (secondary N) is 2. The maximum absolute atomic E-state index is 12.2. The van der Waals surface area contributed by atoms with Crippen molar-refractivity contribution in [2.75, 3.05) is 19.6 Å². The van der Waals surface area contributed by atoms with Gasteiger partial charge in [0, 0.05) is 13.0 Å². The summed E-state index contributed by atoms with van der Waals surface area (Å²) < 4.78 is 0. The van der Waals surface area contributed by atoms with Gasteiger partial charge in [0.05, 0.1) is 0 Å². The lowest BCUT2D eigenvalue weighted by Crippen LogP contribution is -2.36. The molecule has 0 saturated carbocycles. The third-order valence-electron chi connectivity index (χ3n) is 4.90. The van der Waals surface area contributed by atoms with Crippen molar-refractivity contribution in [1.82, 2.24) is 10.6 Å². The van der Waals surface area contributed by atoms with Gasteiger partial charge in [-0.05, 0) is 56.2 Å². The largest absolute Gasteiger partial charge is 0.355 e. The number of aryl methyl sites for hydroxylation is 1. The van der Waals surface area contributed by atoms with E-state index < -0.39 is 0 Å². The molecule has 1 aliphatic rings. The average Bonchev–Trinajstić information content (AvgIpc) is 2.54. The zero-order valence-corrected chi connectivity index (χ0v) is 14.2. The first-order valence-electron chi connectivity index (χ1n) is 8.60. The van der Waals surface area contributed by atoms with Gasteiger partial charge in [-0.1, -0.05) is 43.7 Å². The van der Waals surface area contributed by atoms with E-state index in [1.807, 2.05) is 0 Å². The first-order valence-corrected chi connectivity index (χ1v) is 8.60. The number of carbonyl (C=O) groups is 1. The molecule has 1 saturated heterocycles. The van der Waals surface area contributed by atoms with Crippen LogP contribution >= 0.6 is 0 Å². The van der Waals surface area contributed by atoms with Crippen LogP contribution in [0.1, 0.15) is 50.2 Å². The van der Waals surface area contributed by atoms with Crippen molar-refractivity contribution in [3.63, 3.8) is 0 Å². The van der Waals surface area contributed by atoms with Gasteiger partial charge < -0.3 is 10.6 Å². The standard InChI is InChI=1S/C19H30N2O/c1-14-6-8-17(9-7-14)16(3)12-21-19(22)11-15(2)18-5-4-10-20-13-18/h6-9,15-16,18,20H,4-5,10-13H2,1-3H3,(H,21,22). The van der Waals surface area contributed by atoms with E-state index in [9.17, 15) is 4.79 Å². The Morgan fingerprint density at radius 1 is 1.32 bits per heavy atom. The molecule has 2 rings (SSSR count). The Morgan fingerprint density at radius 2 is 2.05 bits per heavy atom. The van der Waals surface area contributed by atoms with Crippen LogP contribution in [0.2, 0.25) is 0 Å². The van der Waals surface area contributed by atoms with Gasteiger partial charge in [0.1, 0.15) is 0 Å². The number of carbonyl (C=O) groups excluding carboxylic acids is 1. The second kappa shape index (κ2) is 8.33. The lowest BCUT2D eigenvalue weighted by atomic mass is 9.85. The average molecular weight is 302 g/mol. The molecular formula is C19H30N2O. The van der Waals surface area contributed by atoms with Crippen LogP contribution in [-0.4, -0.2) is 25.5 Å². The molecule has 0 bridgehead atoms. The molecule has 3 atom stereocenters. The summed E-state index contributed by atoms with van der Waals surface area (Å²) in [5.41, 5.74) is 2.56. The molecule has 22 heavy (non-hydrogen) atoms. The van der Waals surface area contributed by atoms with Crippen LogP contribution in [0.25, 0.3) is 0 Å². The Hall–Kier alpha value is -1.35. The molecule has 0 spiro atoms. The molecular weight excluding hydrogens is 272 g/mol. The lowest BCUT2D eigenvalue weighted by molar-refractivity contribution is -0.122. The van der Waals surface area contributed by atoms with Crippen LogP contribution in [0.4, 0.5) is 0 Å². The number of hydrogen-bond acceptors (Lipinski definition) is 2. The van der Waals surface area contributed by atoms with Crippen molar-refractivity contribution in [2.45, 2.75) is 46.0 Å². The molecule has 2 N–H and O–H groups in total. The van der Waals surface area contributed by atoms with Gasteiger partial charge in [0.2, 0.25) is 5.91 Å². The van der Waals surface area contributed by atoms with Crippen molar-refractivity contribution in [3.05, 3.63) is 35.4 Å². The summed E-state index contributed by atoms with van der Waals surface area (Å²) in [5, 5.41) is 6.54. The van der Waals surface area contributed by atoms with E-state index in [0.717, 1.165) is 19.6 Å². The van der Waals surface area contributed by atoms with Crippen molar-refractivity contribution in [3.8, 4) is 0 Å². The molecule has 1 aliphatic heterocycles. The van der Waals surface area contributed by atoms with E-state index in [0.29, 0.717) is 24.2 Å². The minimum Gasteiger partial charge on any atom is -0.355 e. The minimum absolute atomic E-state index is 0.192. The molecule has 1 aromatic rings. The fourth-order valence-corrected chi connectivity index (χ4v) is 3.18. The van der Waals surface area contributed by atoms with E-state index in [2.05, 4.69) is 55.7 Å². The Morgan fingerprint density at radius 3 is 2.68 bits per heavy atom. The molecule has 3 heteroatoms. The van der Waals surface area contributed by atoms with Crippen LogP contribution in [0.3, 0.4) is 0 Å². The number of hydrogen-bond donors (Lipinski definition) is 2. The zero-order valence-electron chi connectivity index (χ0n) is 14.2. The Kier molecular flexibility index (Phi) is 6.44. The van der Waals surface area contributed by atoms with Crippen molar-refractivity contribution in [2.24, 2.45) is 11.8 Å². The summed E-state index contributed by atoms with van der Waals surface area (Å²) in [6.07, 6.45) is 3.13. The van der Waals surface area contributed by atoms with E-state index in [1.54, 1.807) is 0 Å². The molecule has 122 valence electrons. The van der Waals surface area contributed by atoms with Gasteiger partial charge in [-0.25, -0.2) is 0 Å². The van der Waals surface area contributed by atoms with Crippen molar-refractivity contribution in [1.29, 1.82) is 0 Å². The van der Waals surface area contributed by atoms with Crippen LogP contribution in [-0.2, 0) is 4.79 Å². The molecule has 0 radical (unpaired) electrons. The quantitative estimate of drug-likeness (QED) is 0.847. The van der Waals surface area contributed by atoms with E-state index in [1.165, 1.54) is 24.0 Å². The number of benzene rings is 1. The molecule has 1 amide bonds. The fraction of sp³-hybridized carbons (Fsp3) is 0.632. The third kappa shape index (κ3) is 5.13. The topological polar surface area (TPSA) is 41.1 Å². The minimum atomic E-state index is 0.192. The number of rotatable bonds is 6. The molecule has 0 aromatic heterocycles. The second-order valence-corrected chi connectivity index (χ2v) is 6.90. The smallest absolute Gasteiger partial charge is 0.220 e. The van der Waals surface area contributed by atoms with Gasteiger partial charge in [0.15, 0.2) is 0 Å². The molecule has 3 nitrogen and oxygen atoms in total. The van der Waals surface area contributed by atoms with Crippen LogP contribution in [0.15, 0.2) is 24.3 Å². The van der Waals surface area contributed by atoms with Crippen LogP contribution < -0.4 is 10.6 Å². The predicted molar refractivity (Wildman–Crippen MR) is 92.0 cm³/mol. The normalized spacial score (nSPS) is 21.1. The van der Waals surface area contributed by atoms with Gasteiger partial charge in [-0.3, -0.25) is 4.79 Å². The SMILES string of the molecule is Cc1ccc(C(C)CNC(=O)CC(C)C2CCCNC2)cc1. The summed E-state index contributed by atoms with van der Waals surface area (Å²) >= 11 is 0. The Bertz CT molecular complexity index is 463. The van der Waals surface area contributed by atoms with Crippen LogP contribution in [0, 0.1) is 18.8 Å². The molecule has 1 heterocycles. The molecule has 1 aromatic carbocycles. The Balaban J connectivity index is 1.73. The molecule has 0 aliphatic carbocycles. The third-order valence-corrected chi connectivity index (χ3v) is 4.90. The number of amides is 1. The summed E-state index contributed by atoms with van der Waals surface area (Å²) in [6.45, 7) is 9.38. The van der Waals surface area contributed by atoms with Crippen LogP contribution in [0.5, 0.6) is 0 Å². The van der Waals surface area contributed by atoms with E-state index in [-0.39, 0.29) is 5.91 Å². The molecule has 1 fully saturated rings. The highest BCUT2D eigenvalue weighted by Gasteiger charge is 2.22. The summed E-state index contributed by atoms with van der Waals surface area (Å²) in [4.78, 5) is 12.2. The van der Waals surface area contributed by atoms with Gasteiger partial charge >= 0.3 is 0 Å². The van der Waals surface area contributed by atoms with Gasteiger partial charge in [-0.2, -0.15) is 0 Å². The first kappa shape index (κ1) is 17.0. The Labute approximate surface area is 134 Å². The summed E-state index contributed by atoms with van der Waals surface area (Å²) in [7, 11) is 0. The molecule has 3 unspecified atom stereocenters. The van der Waals surface area contributed by atoms with E-state index >= 15 is 0 Å². The monoisotopic (exact) mass is 302 g/mol.